The zero-order valence-corrected chi connectivity index (χ0v) is 16.9. The Labute approximate surface area is 168 Å². The number of carbonyl (C=O) groups excluding carboxylic acids is 1. The van der Waals surface area contributed by atoms with Crippen molar-refractivity contribution in [3.05, 3.63) is 62.8 Å². The maximum absolute atomic E-state index is 12.5. The number of rotatable bonds is 6. The van der Waals surface area contributed by atoms with Gasteiger partial charge in [-0.3, -0.25) is 9.59 Å². The van der Waals surface area contributed by atoms with Gasteiger partial charge in [0, 0.05) is 17.5 Å². The Bertz CT molecular complexity index is 1170. The van der Waals surface area contributed by atoms with Gasteiger partial charge in [0.05, 0.1) is 13.2 Å². The number of nitrogens with zero attached hydrogens (tertiary/aromatic N) is 1. The van der Waals surface area contributed by atoms with E-state index in [1.165, 1.54) is 0 Å². The van der Waals surface area contributed by atoms with Crippen LogP contribution in [0.1, 0.15) is 47.5 Å². The first-order chi connectivity index (χ1) is 13.8. The quantitative estimate of drug-likeness (QED) is 0.667. The molecule has 3 aromatic rings. The fourth-order valence-corrected chi connectivity index (χ4v) is 3.47. The molecule has 1 atom stereocenters. The SMILES string of the molecule is COc1cccc2cc(C(C)NC(=O)CCc3c(C)[nH]c(=O)c(C#N)c3C)oc12. The summed E-state index contributed by atoms with van der Waals surface area (Å²) < 4.78 is 11.2. The number of hydrogen-bond acceptors (Lipinski definition) is 5. The molecule has 0 aliphatic rings. The molecule has 0 radical (unpaired) electrons. The number of methoxy groups -OCH3 is 1. The van der Waals surface area contributed by atoms with Crippen LogP contribution in [0.4, 0.5) is 0 Å². The van der Waals surface area contributed by atoms with Gasteiger partial charge in [0.1, 0.15) is 17.4 Å². The van der Waals surface area contributed by atoms with Gasteiger partial charge in [-0.1, -0.05) is 12.1 Å². The molecule has 0 bridgehead atoms. The van der Waals surface area contributed by atoms with Crippen LogP contribution in [0.5, 0.6) is 5.75 Å². The second-order valence-electron chi connectivity index (χ2n) is 6.99. The molecule has 7 heteroatoms. The van der Waals surface area contributed by atoms with Crippen LogP contribution >= 0.6 is 0 Å². The fourth-order valence-electron chi connectivity index (χ4n) is 3.47. The average molecular weight is 393 g/mol. The molecular weight excluding hydrogens is 370 g/mol. The molecular formula is C22H23N3O4. The number of nitrogens with one attached hydrogen (secondary N) is 2. The number of carbonyl (C=O) groups is 1. The molecule has 1 aromatic carbocycles. The number of amides is 1. The number of benzene rings is 1. The predicted molar refractivity (Wildman–Crippen MR) is 109 cm³/mol. The first-order valence-electron chi connectivity index (χ1n) is 9.34. The second-order valence-corrected chi connectivity index (χ2v) is 6.99. The molecule has 1 unspecified atom stereocenters. The highest BCUT2D eigenvalue weighted by atomic mass is 16.5. The number of H-pyrrole nitrogens is 1. The topological polar surface area (TPSA) is 108 Å². The lowest BCUT2D eigenvalue weighted by atomic mass is 9.99. The van der Waals surface area contributed by atoms with Gasteiger partial charge in [-0.25, -0.2) is 0 Å². The zero-order chi connectivity index (χ0) is 21.1. The van der Waals surface area contributed by atoms with E-state index in [0.717, 1.165) is 10.9 Å². The monoisotopic (exact) mass is 393 g/mol. The maximum atomic E-state index is 12.5. The summed E-state index contributed by atoms with van der Waals surface area (Å²) in [6, 6.07) is 9.13. The Morgan fingerprint density at radius 1 is 1.38 bits per heavy atom. The van der Waals surface area contributed by atoms with Gasteiger partial charge in [-0.2, -0.15) is 5.26 Å². The highest BCUT2D eigenvalue weighted by molar-refractivity contribution is 5.84. The average Bonchev–Trinajstić information content (AvgIpc) is 3.12. The molecule has 7 nitrogen and oxygen atoms in total. The number of para-hydroxylation sites is 1. The summed E-state index contributed by atoms with van der Waals surface area (Å²) in [5.41, 5.74) is 2.46. The van der Waals surface area contributed by atoms with E-state index in [4.69, 9.17) is 14.4 Å². The number of aromatic amines is 1. The first-order valence-corrected chi connectivity index (χ1v) is 9.34. The third kappa shape index (κ3) is 4.02. The summed E-state index contributed by atoms with van der Waals surface area (Å²) >= 11 is 0. The lowest BCUT2D eigenvalue weighted by molar-refractivity contribution is -0.121. The van der Waals surface area contributed by atoms with Gasteiger partial charge >= 0.3 is 0 Å². The number of aryl methyl sites for hydroxylation is 1. The van der Waals surface area contributed by atoms with Crippen molar-refractivity contribution in [3.63, 3.8) is 0 Å². The van der Waals surface area contributed by atoms with Crippen molar-refractivity contribution in [1.29, 1.82) is 5.26 Å². The van der Waals surface area contributed by atoms with Crippen molar-refractivity contribution < 1.29 is 13.9 Å². The van der Waals surface area contributed by atoms with Crippen LogP contribution in [-0.4, -0.2) is 18.0 Å². The van der Waals surface area contributed by atoms with Crippen LogP contribution < -0.4 is 15.6 Å². The third-order valence-corrected chi connectivity index (χ3v) is 5.07. The minimum Gasteiger partial charge on any atom is -0.493 e. The van der Waals surface area contributed by atoms with E-state index >= 15 is 0 Å². The van der Waals surface area contributed by atoms with Crippen LogP contribution in [0.2, 0.25) is 0 Å². The van der Waals surface area contributed by atoms with Gasteiger partial charge in [0.25, 0.3) is 5.56 Å². The Hall–Kier alpha value is -3.53. The minimum absolute atomic E-state index is 0.0931. The second kappa shape index (κ2) is 8.23. The molecule has 29 heavy (non-hydrogen) atoms. The lowest BCUT2D eigenvalue weighted by Crippen LogP contribution is -2.27. The summed E-state index contributed by atoms with van der Waals surface area (Å²) in [7, 11) is 1.58. The molecule has 0 aliphatic heterocycles. The van der Waals surface area contributed by atoms with Crippen LogP contribution in [0.3, 0.4) is 0 Å². The summed E-state index contributed by atoms with van der Waals surface area (Å²) in [6.07, 6.45) is 0.655. The van der Waals surface area contributed by atoms with Gasteiger partial charge < -0.3 is 19.5 Å². The fraction of sp³-hybridized carbons (Fsp3) is 0.318. The summed E-state index contributed by atoms with van der Waals surface area (Å²) in [4.78, 5) is 27.0. The van der Waals surface area contributed by atoms with Crippen molar-refractivity contribution in [2.24, 2.45) is 0 Å². The van der Waals surface area contributed by atoms with E-state index in [1.807, 2.05) is 37.3 Å². The highest BCUT2D eigenvalue weighted by Gasteiger charge is 2.17. The van der Waals surface area contributed by atoms with Gasteiger partial charge in [0.2, 0.25) is 5.91 Å². The molecule has 0 fully saturated rings. The van der Waals surface area contributed by atoms with E-state index < -0.39 is 5.56 Å². The van der Waals surface area contributed by atoms with Gasteiger partial charge in [0.15, 0.2) is 11.3 Å². The summed E-state index contributed by atoms with van der Waals surface area (Å²) in [5, 5.41) is 13.0. The number of hydrogen-bond donors (Lipinski definition) is 2. The third-order valence-electron chi connectivity index (χ3n) is 5.07. The Morgan fingerprint density at radius 2 is 2.14 bits per heavy atom. The van der Waals surface area contributed by atoms with Crippen molar-refractivity contribution >= 4 is 16.9 Å². The lowest BCUT2D eigenvalue weighted by Gasteiger charge is -2.13. The van der Waals surface area contributed by atoms with Crippen molar-refractivity contribution in [1.82, 2.24) is 10.3 Å². The number of nitriles is 1. The number of fused-ring (bicyclic) bond motifs is 1. The van der Waals surface area contributed by atoms with E-state index in [0.29, 0.717) is 34.8 Å². The maximum Gasteiger partial charge on any atom is 0.266 e. The van der Waals surface area contributed by atoms with Crippen LogP contribution in [0, 0.1) is 25.2 Å². The van der Waals surface area contributed by atoms with Gasteiger partial charge in [-0.05, 0) is 50.5 Å². The first kappa shape index (κ1) is 20.2. The number of furan rings is 1. The summed E-state index contributed by atoms with van der Waals surface area (Å²) in [6.45, 7) is 5.36. The predicted octanol–water partition coefficient (Wildman–Crippen LogP) is 3.43. The van der Waals surface area contributed by atoms with E-state index in [2.05, 4.69) is 10.3 Å². The Kier molecular flexibility index (Phi) is 5.74. The number of ether oxygens (including phenoxy) is 1. The Morgan fingerprint density at radius 3 is 2.83 bits per heavy atom. The molecule has 0 saturated carbocycles. The minimum atomic E-state index is -0.398. The molecule has 3 rings (SSSR count). The smallest absolute Gasteiger partial charge is 0.266 e. The van der Waals surface area contributed by atoms with Crippen molar-refractivity contribution in [2.75, 3.05) is 7.11 Å². The highest BCUT2D eigenvalue weighted by Crippen LogP contribution is 2.30. The van der Waals surface area contributed by atoms with Crippen molar-refractivity contribution in [3.8, 4) is 11.8 Å². The molecule has 150 valence electrons. The number of aromatic nitrogens is 1. The molecule has 0 saturated heterocycles. The normalized spacial score (nSPS) is 11.8. The summed E-state index contributed by atoms with van der Waals surface area (Å²) in [5.74, 6) is 1.14. The molecule has 1 amide bonds. The van der Waals surface area contributed by atoms with E-state index in [1.54, 1.807) is 21.0 Å². The molecule has 2 heterocycles. The van der Waals surface area contributed by atoms with Crippen molar-refractivity contribution in [2.45, 2.75) is 39.7 Å². The molecule has 2 aromatic heterocycles. The Balaban J connectivity index is 1.70. The standard InChI is InChI=1S/C22H23N3O4/c1-12-16(13(2)25-22(27)17(12)11-23)8-9-20(26)24-14(3)19-10-15-6-5-7-18(28-4)21(15)29-19/h5-7,10,14H,8-9H2,1-4H3,(H,24,26)(H,25,27). The van der Waals surface area contributed by atoms with Crippen LogP contribution in [0.25, 0.3) is 11.0 Å². The number of pyridine rings is 1. The largest absolute Gasteiger partial charge is 0.493 e. The molecule has 0 aliphatic carbocycles. The van der Waals surface area contributed by atoms with E-state index in [9.17, 15) is 9.59 Å². The zero-order valence-electron chi connectivity index (χ0n) is 16.9. The van der Waals surface area contributed by atoms with E-state index in [-0.39, 0.29) is 23.9 Å². The molecule has 0 spiro atoms. The van der Waals surface area contributed by atoms with Crippen LogP contribution in [-0.2, 0) is 11.2 Å². The molecule has 2 N–H and O–H groups in total. The van der Waals surface area contributed by atoms with Gasteiger partial charge in [-0.15, -0.1) is 0 Å². The van der Waals surface area contributed by atoms with Crippen LogP contribution in [0.15, 0.2) is 33.5 Å².